The molecule has 4 aliphatic rings. The Hall–Kier alpha value is -1.59. The average molecular weight is 362 g/mol. The van der Waals surface area contributed by atoms with Gasteiger partial charge in [0.15, 0.2) is 11.5 Å². The Labute approximate surface area is 153 Å². The first-order valence-corrected chi connectivity index (χ1v) is 9.11. The number of rotatable bonds is 3. The number of nitrogens with zero attached hydrogens (tertiary/aromatic N) is 2. The third kappa shape index (κ3) is 2.93. The molecule has 1 N–H and O–H groups in total. The molecule has 2 unspecified atom stereocenters. The minimum Gasteiger partial charge on any atom is -0.440 e. The number of fused-ring (bicyclic) bond motifs is 4. The molecule has 6 rings (SSSR count). The smallest absolute Gasteiger partial charge is 0.253 e. The van der Waals surface area contributed by atoms with Crippen molar-refractivity contribution >= 4 is 29.4 Å². The number of hydrogen-bond acceptors (Lipinski definition) is 4. The Morgan fingerprint density at radius 2 is 2.08 bits per heavy atom. The first-order chi connectivity index (χ1) is 11.7. The van der Waals surface area contributed by atoms with Crippen LogP contribution in [-0.2, 0) is 0 Å². The molecular formula is C19H24ClN3O2. The Morgan fingerprint density at radius 3 is 2.72 bits per heavy atom. The van der Waals surface area contributed by atoms with E-state index in [2.05, 4.69) is 22.1 Å². The highest BCUT2D eigenvalue weighted by atomic mass is 35.5. The van der Waals surface area contributed by atoms with E-state index in [1.165, 1.54) is 25.9 Å². The van der Waals surface area contributed by atoms with Gasteiger partial charge in [0.05, 0.1) is 5.56 Å². The summed E-state index contributed by atoms with van der Waals surface area (Å²) in [6.45, 7) is 5.55. The van der Waals surface area contributed by atoms with Gasteiger partial charge in [0, 0.05) is 18.5 Å². The number of benzene rings is 1. The molecular weight excluding hydrogens is 338 g/mol. The summed E-state index contributed by atoms with van der Waals surface area (Å²) in [5.74, 6) is 2.47. The number of halogens is 1. The predicted molar refractivity (Wildman–Crippen MR) is 98.2 cm³/mol. The zero-order valence-electron chi connectivity index (χ0n) is 14.4. The number of carbonyl (C=O) groups is 1. The van der Waals surface area contributed by atoms with Gasteiger partial charge in [-0.3, -0.25) is 4.79 Å². The van der Waals surface area contributed by atoms with Crippen LogP contribution in [-0.4, -0.2) is 41.5 Å². The second-order valence-corrected chi connectivity index (χ2v) is 7.74. The fraction of sp³-hybridized carbons (Fsp3) is 0.579. The molecule has 1 amide bonds. The molecule has 5 nitrogen and oxygen atoms in total. The van der Waals surface area contributed by atoms with E-state index in [4.69, 9.17) is 4.42 Å². The normalized spacial score (nSPS) is 33.1. The van der Waals surface area contributed by atoms with Crippen molar-refractivity contribution < 1.29 is 9.21 Å². The third-order valence-corrected chi connectivity index (χ3v) is 6.08. The van der Waals surface area contributed by atoms with Crippen molar-refractivity contribution in [2.75, 3.05) is 19.6 Å². The predicted octanol–water partition coefficient (Wildman–Crippen LogP) is 3.20. The number of carbonyl (C=O) groups excluding carboxylic acids is 1. The second kappa shape index (κ2) is 6.29. The highest BCUT2D eigenvalue weighted by Gasteiger charge is 2.39. The molecule has 0 radical (unpaired) electrons. The molecule has 3 atom stereocenters. The SMILES string of the molecule is CC1C[C@@H]1c1nc2c(C(=O)NC3CN4CCC3CC4)cccc2o1.Cl. The molecule has 2 bridgehead atoms. The molecule has 1 aliphatic carbocycles. The van der Waals surface area contributed by atoms with Crippen molar-refractivity contribution in [2.24, 2.45) is 11.8 Å². The highest BCUT2D eigenvalue weighted by Crippen LogP contribution is 2.47. The molecule has 2 aromatic rings. The zero-order chi connectivity index (χ0) is 16.3. The number of aromatic nitrogens is 1. The number of amides is 1. The summed E-state index contributed by atoms with van der Waals surface area (Å²) < 4.78 is 5.89. The van der Waals surface area contributed by atoms with E-state index >= 15 is 0 Å². The van der Waals surface area contributed by atoms with Gasteiger partial charge in [-0.25, -0.2) is 4.98 Å². The Morgan fingerprint density at radius 1 is 1.32 bits per heavy atom. The first kappa shape index (κ1) is 16.9. The van der Waals surface area contributed by atoms with Crippen molar-refractivity contribution in [3.8, 4) is 0 Å². The maximum absolute atomic E-state index is 12.9. The third-order valence-electron chi connectivity index (χ3n) is 6.08. The first-order valence-electron chi connectivity index (χ1n) is 9.11. The van der Waals surface area contributed by atoms with Crippen LogP contribution in [0.2, 0.25) is 0 Å². The largest absolute Gasteiger partial charge is 0.440 e. The monoisotopic (exact) mass is 361 g/mol. The van der Waals surface area contributed by atoms with Gasteiger partial charge in [-0.1, -0.05) is 13.0 Å². The van der Waals surface area contributed by atoms with E-state index in [0.717, 1.165) is 24.4 Å². The van der Waals surface area contributed by atoms with Gasteiger partial charge in [0.2, 0.25) is 0 Å². The molecule has 1 saturated carbocycles. The van der Waals surface area contributed by atoms with Crippen LogP contribution < -0.4 is 5.32 Å². The fourth-order valence-electron chi connectivity index (χ4n) is 4.35. The lowest BCUT2D eigenvalue weighted by molar-refractivity contribution is 0.0621. The maximum Gasteiger partial charge on any atom is 0.253 e. The van der Waals surface area contributed by atoms with Crippen molar-refractivity contribution in [1.29, 1.82) is 0 Å². The summed E-state index contributed by atoms with van der Waals surface area (Å²) in [5.41, 5.74) is 2.09. The highest BCUT2D eigenvalue weighted by molar-refractivity contribution is 6.04. The summed E-state index contributed by atoms with van der Waals surface area (Å²) >= 11 is 0. The average Bonchev–Trinajstić information content (AvgIpc) is 3.18. The summed E-state index contributed by atoms with van der Waals surface area (Å²) in [5, 5.41) is 3.26. The molecule has 3 saturated heterocycles. The summed E-state index contributed by atoms with van der Waals surface area (Å²) in [7, 11) is 0. The molecule has 4 heterocycles. The number of oxazole rings is 1. The minimum atomic E-state index is -0.0111. The van der Waals surface area contributed by atoms with E-state index in [9.17, 15) is 4.79 Å². The molecule has 134 valence electrons. The van der Waals surface area contributed by atoms with Crippen molar-refractivity contribution in [3.05, 3.63) is 29.7 Å². The van der Waals surface area contributed by atoms with Crippen LogP contribution >= 0.6 is 12.4 Å². The van der Waals surface area contributed by atoms with Crippen LogP contribution in [0.25, 0.3) is 11.1 Å². The van der Waals surface area contributed by atoms with Crippen molar-refractivity contribution in [2.45, 2.75) is 38.1 Å². The summed E-state index contributed by atoms with van der Waals surface area (Å²) in [6.07, 6.45) is 3.53. The molecule has 3 aliphatic heterocycles. The topological polar surface area (TPSA) is 58.4 Å². The molecule has 0 spiro atoms. The Bertz CT molecular complexity index is 797. The number of nitrogens with one attached hydrogen (secondary N) is 1. The van der Waals surface area contributed by atoms with Gasteiger partial charge in [-0.2, -0.15) is 0 Å². The lowest BCUT2D eigenvalue weighted by Gasteiger charge is -2.44. The number of hydrogen-bond donors (Lipinski definition) is 1. The molecule has 6 heteroatoms. The van der Waals surface area contributed by atoms with Gasteiger partial charge >= 0.3 is 0 Å². The molecule has 25 heavy (non-hydrogen) atoms. The van der Waals surface area contributed by atoms with Crippen LogP contribution in [0.1, 0.15) is 48.4 Å². The molecule has 1 aromatic carbocycles. The van der Waals surface area contributed by atoms with E-state index in [0.29, 0.717) is 28.8 Å². The lowest BCUT2D eigenvalue weighted by atomic mass is 9.84. The van der Waals surface area contributed by atoms with Crippen LogP contribution in [0.15, 0.2) is 22.6 Å². The van der Waals surface area contributed by atoms with Gasteiger partial charge in [0.25, 0.3) is 5.91 Å². The fourth-order valence-corrected chi connectivity index (χ4v) is 4.35. The minimum absolute atomic E-state index is 0. The molecule has 4 fully saturated rings. The number of piperidine rings is 3. The van der Waals surface area contributed by atoms with E-state index in [1.807, 2.05) is 18.2 Å². The maximum atomic E-state index is 12.9. The summed E-state index contributed by atoms with van der Waals surface area (Å²) in [4.78, 5) is 20.0. The Balaban J connectivity index is 0.00000157. The van der Waals surface area contributed by atoms with Gasteiger partial charge in [-0.05, 0) is 56.3 Å². The standard InChI is InChI=1S/C19H23N3O2.ClH/c1-11-9-14(11)19-21-17-13(3-2-4-16(17)24-19)18(23)20-15-10-22-7-5-12(15)6-8-22;/h2-4,11-12,14-15H,5-10H2,1H3,(H,20,23);1H/t11?,14-,15?;/m0./s1. The zero-order valence-corrected chi connectivity index (χ0v) is 15.2. The van der Waals surface area contributed by atoms with Crippen LogP contribution in [0.3, 0.4) is 0 Å². The van der Waals surface area contributed by atoms with Gasteiger partial charge < -0.3 is 14.6 Å². The van der Waals surface area contributed by atoms with Crippen LogP contribution in [0, 0.1) is 11.8 Å². The quantitative estimate of drug-likeness (QED) is 0.912. The van der Waals surface area contributed by atoms with Crippen molar-refractivity contribution in [3.63, 3.8) is 0 Å². The van der Waals surface area contributed by atoms with Crippen LogP contribution in [0.4, 0.5) is 0 Å². The lowest BCUT2D eigenvalue weighted by Crippen LogP contribution is -2.57. The second-order valence-electron chi connectivity index (χ2n) is 7.74. The Kier molecular flexibility index (Phi) is 4.24. The van der Waals surface area contributed by atoms with E-state index in [1.54, 1.807) is 0 Å². The number of para-hydroxylation sites is 1. The van der Waals surface area contributed by atoms with Crippen LogP contribution in [0.5, 0.6) is 0 Å². The van der Waals surface area contributed by atoms with Gasteiger partial charge in [-0.15, -0.1) is 12.4 Å². The van der Waals surface area contributed by atoms with E-state index < -0.39 is 0 Å². The summed E-state index contributed by atoms with van der Waals surface area (Å²) in [6, 6.07) is 5.93. The van der Waals surface area contributed by atoms with Crippen molar-refractivity contribution in [1.82, 2.24) is 15.2 Å². The van der Waals surface area contributed by atoms with E-state index in [-0.39, 0.29) is 24.4 Å². The molecule has 1 aromatic heterocycles. The van der Waals surface area contributed by atoms with Gasteiger partial charge in [0.1, 0.15) is 5.52 Å².